The van der Waals surface area contributed by atoms with Crippen molar-refractivity contribution in [1.82, 2.24) is 69.6 Å². The molecule has 8 N–H and O–H groups in total. The fourth-order valence-corrected chi connectivity index (χ4v) is 19.1. The largest absolute Gasteiger partial charge is 0.465 e. The van der Waals surface area contributed by atoms with Crippen molar-refractivity contribution >= 4 is 98.5 Å². The van der Waals surface area contributed by atoms with Gasteiger partial charge in [0, 0.05) is 172 Å². The van der Waals surface area contributed by atoms with E-state index in [1.165, 1.54) is 11.2 Å². The number of anilines is 4. The number of nitrogens with one attached hydrogen (secondary N) is 1. The Morgan fingerprint density at radius 3 is 2.24 bits per heavy atom. The molecule has 0 radical (unpaired) electrons. The first-order valence-electron chi connectivity index (χ1n) is 45.9. The number of methoxy groups -OCH3 is 2. The number of allylic oxidation sites excluding steroid dienone is 5. The highest BCUT2D eigenvalue weighted by Crippen LogP contribution is 2.40. The van der Waals surface area contributed by atoms with E-state index in [2.05, 4.69) is 73.1 Å². The Balaban J connectivity index is 0.489. The lowest BCUT2D eigenvalue weighted by Crippen LogP contribution is -2.60. The Morgan fingerprint density at radius 1 is 0.731 bits per heavy atom. The molecule has 130 heavy (non-hydrogen) atoms. The van der Waals surface area contributed by atoms with Gasteiger partial charge in [0.05, 0.1) is 67.6 Å². The van der Waals surface area contributed by atoms with Crippen LogP contribution in [-0.2, 0) is 78.4 Å². The van der Waals surface area contributed by atoms with Gasteiger partial charge in [-0.3, -0.25) is 28.9 Å². The highest BCUT2D eigenvalue weighted by atomic mass is 32.1. The molecule has 7 aromatic rings. The average molecular weight is 1810 g/mol. The monoisotopic (exact) mass is 1810 g/mol. The van der Waals surface area contributed by atoms with Gasteiger partial charge in [-0.1, -0.05) is 82.4 Å². The Labute approximate surface area is 764 Å². The van der Waals surface area contributed by atoms with E-state index in [0.717, 1.165) is 59.4 Å². The SMILES string of the molecule is CO[C@H]1CC2CC[C@@H](C)[C@@](O)(O2)C(=O)C(=O)N2CCCC[C@H]2C(=O)O[C@H](CC[C@@H]2CC[C@@H](OC(=S)NCc3cnc(N4CCN(C(=O)CCOCCN5CCN(c6ncc(C(=O)N7CCc8cc(Cn9nc(-c%10ccc%11oc(N)nc%11c%10)c%10c(N)ncnc%109)ccc8C7)cn6)CC5)CC4)nc3)[C@H](OC)C2)C[C@@H](O)[C@H](C)/C=C(\C)[C@@H](O)CC(=O)[C@H](C)C[C@H](C)/C=C/C=C/C=C/1C. The van der Waals surface area contributed by atoms with Crippen molar-refractivity contribution in [3.05, 3.63) is 143 Å². The van der Waals surface area contributed by atoms with Gasteiger partial charge in [0.25, 0.3) is 28.8 Å². The number of piperazine rings is 2. The number of amides is 3. The van der Waals surface area contributed by atoms with E-state index in [9.17, 15) is 44.1 Å². The number of nitrogens with two attached hydrogens (primary N) is 2. The van der Waals surface area contributed by atoms with Gasteiger partial charge in [-0.25, -0.2) is 39.4 Å². The molecule has 6 aliphatic heterocycles. The first kappa shape index (κ1) is 95.5. The number of oxazole rings is 1. The van der Waals surface area contributed by atoms with E-state index in [1.807, 2.05) is 84.7 Å². The highest BCUT2D eigenvalue weighted by Gasteiger charge is 2.53. The van der Waals surface area contributed by atoms with Gasteiger partial charge in [0.1, 0.15) is 47.4 Å². The van der Waals surface area contributed by atoms with Gasteiger partial charge >= 0.3 is 5.97 Å². The summed E-state index contributed by atoms with van der Waals surface area (Å²) in [4.78, 5) is 128. The number of fused-ring (bicyclic) bond motifs is 6. The predicted octanol–water partition coefficient (Wildman–Crippen LogP) is 9.02. The van der Waals surface area contributed by atoms with E-state index >= 15 is 0 Å². The van der Waals surface area contributed by atoms with Gasteiger partial charge in [-0.2, -0.15) is 10.1 Å². The number of ketones is 2. The fourth-order valence-electron chi connectivity index (χ4n) is 18.9. The number of carbonyl (C=O) groups excluding carboxylic acids is 6. The Morgan fingerprint density at radius 2 is 1.48 bits per heavy atom. The summed E-state index contributed by atoms with van der Waals surface area (Å²) in [6, 6.07) is 10.8. The van der Waals surface area contributed by atoms with Crippen LogP contribution in [0, 0.1) is 29.6 Å². The van der Waals surface area contributed by atoms with Crippen LogP contribution in [0.3, 0.4) is 0 Å². The van der Waals surface area contributed by atoms with Crippen LogP contribution in [0.5, 0.6) is 0 Å². The van der Waals surface area contributed by atoms with Crippen molar-refractivity contribution < 1.29 is 76.9 Å². The molecule has 35 heteroatoms. The van der Waals surface area contributed by atoms with Crippen LogP contribution >= 0.6 is 12.2 Å². The Bertz CT molecular complexity index is 5250. The molecular weight excluding hydrogens is 1680 g/mol. The second-order valence-electron chi connectivity index (χ2n) is 36.2. The normalized spacial score (nSPS) is 27.9. The molecule has 14 rings (SSSR count). The molecule has 5 aromatic heterocycles. The number of nitrogens with zero attached hydrogens (tertiary/aromatic N) is 15. The molecule has 0 spiro atoms. The van der Waals surface area contributed by atoms with E-state index in [4.69, 9.17) is 61.6 Å². The lowest BCUT2D eigenvalue weighted by molar-refractivity contribution is -0.265. The van der Waals surface area contributed by atoms with Crippen molar-refractivity contribution in [3.8, 4) is 11.3 Å². The van der Waals surface area contributed by atoms with Crippen LogP contribution in [0.15, 0.2) is 120 Å². The lowest BCUT2D eigenvalue weighted by Gasteiger charge is -2.42. The third-order valence-electron chi connectivity index (χ3n) is 26.9. The number of ether oxygens (including phenoxy) is 6. The van der Waals surface area contributed by atoms with Gasteiger partial charge < -0.3 is 89.4 Å². The zero-order chi connectivity index (χ0) is 91.9. The molecule has 11 heterocycles. The van der Waals surface area contributed by atoms with Gasteiger partial charge in [0.2, 0.25) is 23.6 Å². The summed E-state index contributed by atoms with van der Waals surface area (Å²) < 4.78 is 44.2. The van der Waals surface area contributed by atoms with Crippen molar-refractivity contribution in [2.45, 2.75) is 218 Å². The molecule has 1 saturated carbocycles. The third kappa shape index (κ3) is 23.8. The zero-order valence-electron chi connectivity index (χ0n) is 75.9. The predicted molar refractivity (Wildman–Crippen MR) is 492 cm³/mol. The van der Waals surface area contributed by atoms with E-state index < -0.39 is 71.8 Å². The molecule has 3 amide bonds. The molecule has 4 saturated heterocycles. The van der Waals surface area contributed by atoms with Crippen molar-refractivity contribution in [2.24, 2.45) is 29.6 Å². The zero-order valence-corrected chi connectivity index (χ0v) is 76.7. The number of hydrogen-bond donors (Lipinski definition) is 6. The summed E-state index contributed by atoms with van der Waals surface area (Å²) in [7, 11) is 3.22. The Kier molecular flexibility index (Phi) is 32.4. The molecule has 14 atom stereocenters. The van der Waals surface area contributed by atoms with Crippen LogP contribution in [0.1, 0.15) is 170 Å². The quantitative estimate of drug-likeness (QED) is 0.0136. The molecule has 698 valence electrons. The van der Waals surface area contributed by atoms with E-state index in [-0.39, 0.29) is 91.0 Å². The van der Waals surface area contributed by atoms with Gasteiger partial charge in [-0.15, -0.1) is 0 Å². The minimum atomic E-state index is -2.45. The number of rotatable bonds is 20. The molecular formula is C95H126N18O16S. The second kappa shape index (κ2) is 44.1. The topological polar surface area (TPSA) is 423 Å². The smallest absolute Gasteiger partial charge is 0.329 e. The standard InChI is InChI=1S/C95H126N18O16S/c1-58-14-10-9-11-15-59(2)80(123-7)48-72-23-17-63(6)95(122,129-72)85(118)89(120)112-29-13-12-16-74(112)90(121)126-71(47-75(114)61(4)43-62(5)77(116)49-76(115)60(3)42-58)24-19-64-20-25-79(81(45-64)124-8)128-94(130)102-52-66-50-98-92(99-51-66)110-37-35-108(36-38-110)82(117)28-40-125-41-39-107-31-33-109(34-32-107)93-100-53-70(54-101-93)88(119)111-30-27-67-44-65(18-21-69(67)56-111)55-113-87-83(86(96)103-57-104-87)84(106-113)68-22-26-78-73(46-68)105-91(97)127-78/h9-11,14-15,18,21-22,26,43-44,46,50-51,53-54,57-58,60-61,63-64,71-72,74-75,77,79-81,114,116,122H,12-13,16-17,19-20,23-25,27-42,45,47-49,52,55-56H2,1-8H3,(H2,97,105)(H,102,130)(H2,96,103,104)/b11-9+,14-10+,59-15+,62-43+/t58-,60-,61-,63-,64-,71-,72?,74+,75-,77+,79-,80+,81-,95-/m1/s1. The number of esters is 1. The number of aromatic nitrogens is 9. The number of cyclic esters (lactones) is 1. The number of Topliss-reactive ketones (excluding diaryl/α,β-unsaturated/α-hetero) is 2. The molecule has 34 nitrogen and oxygen atoms in total. The summed E-state index contributed by atoms with van der Waals surface area (Å²) >= 11 is 5.74. The summed E-state index contributed by atoms with van der Waals surface area (Å²) in [6.07, 6.45) is 21.7. The molecule has 2 aromatic carbocycles. The maximum Gasteiger partial charge on any atom is 0.329 e. The number of carbonyl (C=O) groups is 6. The average Bonchev–Trinajstić information content (AvgIpc) is 1.43. The number of nitrogen functional groups attached to an aromatic ring is 2. The van der Waals surface area contributed by atoms with Crippen molar-refractivity contribution in [1.29, 1.82) is 0 Å². The van der Waals surface area contributed by atoms with E-state index in [1.54, 1.807) is 65.0 Å². The summed E-state index contributed by atoms with van der Waals surface area (Å²) in [5, 5.41) is 44.5. The highest BCUT2D eigenvalue weighted by molar-refractivity contribution is 7.80. The molecule has 1 unspecified atom stereocenters. The number of benzene rings is 2. The number of aliphatic hydroxyl groups excluding tert-OH is 2. The van der Waals surface area contributed by atoms with Crippen molar-refractivity contribution in [2.75, 3.05) is 121 Å². The minimum Gasteiger partial charge on any atom is -0.465 e. The van der Waals surface area contributed by atoms with Crippen LogP contribution < -0.4 is 26.6 Å². The van der Waals surface area contributed by atoms with Gasteiger partial charge in [-0.05, 0) is 161 Å². The summed E-state index contributed by atoms with van der Waals surface area (Å²) in [5.74, 6) is -5.46. The number of thiocarbonyl (C=S) groups is 1. The summed E-state index contributed by atoms with van der Waals surface area (Å²) in [6.45, 7) is 19.6. The molecule has 2 bridgehead atoms. The third-order valence-corrected chi connectivity index (χ3v) is 27.2. The van der Waals surface area contributed by atoms with Gasteiger partial charge in [0.15, 0.2) is 11.2 Å². The maximum absolute atomic E-state index is 14.7. The molecule has 7 aliphatic rings. The number of aliphatic hydroxyl groups is 3. The number of hydrogen-bond acceptors (Lipinski definition) is 30. The first-order valence-corrected chi connectivity index (χ1v) is 46.4. The number of piperidine rings is 1. The van der Waals surface area contributed by atoms with Crippen LogP contribution in [0.25, 0.3) is 33.4 Å². The molecule has 1 aliphatic carbocycles. The fraction of sp³-hybridized carbons (Fsp3) is 0.568. The van der Waals surface area contributed by atoms with Crippen molar-refractivity contribution in [3.63, 3.8) is 0 Å². The minimum absolute atomic E-state index is 0.0109. The Hall–Kier alpha value is -10.6. The van der Waals surface area contributed by atoms with Crippen LogP contribution in [-0.4, -0.2) is 274 Å². The van der Waals surface area contributed by atoms with E-state index in [0.29, 0.717) is 206 Å². The van der Waals surface area contributed by atoms with Crippen LogP contribution in [0.2, 0.25) is 0 Å². The molecule has 5 fully saturated rings. The second-order valence-corrected chi connectivity index (χ2v) is 36.5. The lowest BCUT2D eigenvalue weighted by atomic mass is 9.81. The summed E-state index contributed by atoms with van der Waals surface area (Å²) in [5.41, 5.74) is 21.3. The van der Waals surface area contributed by atoms with Crippen LogP contribution in [0.4, 0.5) is 23.7 Å². The first-order chi connectivity index (χ1) is 62.6. The maximum atomic E-state index is 14.7.